The fourth-order valence-electron chi connectivity index (χ4n) is 8.16. The Morgan fingerprint density at radius 2 is 0.525 bits per heavy atom. The molecule has 0 N–H and O–H groups in total. The first-order valence-electron chi connectivity index (χ1n) is 20.2. The first kappa shape index (κ1) is 35.7. The summed E-state index contributed by atoms with van der Waals surface area (Å²) in [7, 11) is 0. The normalized spacial score (nSPS) is 11.1. The monoisotopic (exact) mass is 751 g/mol. The van der Waals surface area contributed by atoms with E-state index in [2.05, 4.69) is 254 Å². The van der Waals surface area contributed by atoms with Gasteiger partial charge in [0.15, 0.2) is 0 Å². The Morgan fingerprint density at radius 1 is 0.186 bits per heavy atom. The number of nitrogens with zero attached hydrogens (tertiary/aromatic N) is 1. The van der Waals surface area contributed by atoms with Gasteiger partial charge in [0.05, 0.1) is 0 Å². The Bertz CT molecular complexity index is 2970. The summed E-state index contributed by atoms with van der Waals surface area (Å²) < 4.78 is 0. The van der Waals surface area contributed by atoms with Crippen molar-refractivity contribution in [1.82, 2.24) is 0 Å². The molecule has 0 aromatic heterocycles. The van der Waals surface area contributed by atoms with E-state index in [0.29, 0.717) is 0 Å². The molecule has 0 saturated carbocycles. The van der Waals surface area contributed by atoms with Crippen molar-refractivity contribution in [3.05, 3.63) is 249 Å². The van der Waals surface area contributed by atoms with Crippen molar-refractivity contribution >= 4 is 27.8 Å². The number of anilines is 3. The predicted molar refractivity (Wildman–Crippen MR) is 251 cm³/mol. The van der Waals surface area contributed by atoms with Crippen LogP contribution in [0.5, 0.6) is 0 Å². The second-order valence-corrected chi connectivity index (χ2v) is 15.0. The average molecular weight is 752 g/mol. The lowest BCUT2D eigenvalue weighted by Gasteiger charge is -2.27. The Hall–Kier alpha value is -7.74. The summed E-state index contributed by atoms with van der Waals surface area (Å²) in [6.45, 7) is 0. The minimum Gasteiger partial charge on any atom is -0.310 e. The van der Waals surface area contributed by atoms with Gasteiger partial charge in [-0.3, -0.25) is 0 Å². The molecule has 59 heavy (non-hydrogen) atoms. The van der Waals surface area contributed by atoms with Crippen molar-refractivity contribution in [2.24, 2.45) is 0 Å². The van der Waals surface area contributed by atoms with Crippen LogP contribution in [0.25, 0.3) is 77.5 Å². The van der Waals surface area contributed by atoms with E-state index in [1.165, 1.54) is 77.5 Å². The highest BCUT2D eigenvalue weighted by atomic mass is 15.1. The van der Waals surface area contributed by atoms with Crippen LogP contribution in [-0.2, 0) is 0 Å². The van der Waals surface area contributed by atoms with E-state index in [9.17, 15) is 0 Å². The van der Waals surface area contributed by atoms with Crippen LogP contribution >= 0.6 is 0 Å². The van der Waals surface area contributed by atoms with E-state index in [4.69, 9.17) is 0 Å². The van der Waals surface area contributed by atoms with Gasteiger partial charge in [0.25, 0.3) is 0 Å². The molecule has 10 rings (SSSR count). The number of benzene rings is 10. The smallest absolute Gasteiger partial charge is 0.0468 e. The van der Waals surface area contributed by atoms with Gasteiger partial charge in [-0.25, -0.2) is 0 Å². The van der Waals surface area contributed by atoms with Gasteiger partial charge in [-0.15, -0.1) is 0 Å². The maximum absolute atomic E-state index is 2.37. The molecule has 1 nitrogen and oxygen atoms in total. The SMILES string of the molecule is c1ccc(-c2ccc(-c3ccc(-c4ccc(N(c5ccc(-c6ccccc6)cc5)c5ccc(-c6ccc7ccccc7c6)cc5)cc4-c4ccccc4)cc3)cc2)cc1. The fourth-order valence-corrected chi connectivity index (χ4v) is 8.16. The largest absolute Gasteiger partial charge is 0.310 e. The third kappa shape index (κ3) is 7.46. The zero-order chi connectivity index (χ0) is 39.4. The van der Waals surface area contributed by atoms with Crippen LogP contribution < -0.4 is 4.90 Å². The summed E-state index contributed by atoms with van der Waals surface area (Å²) in [6, 6.07) is 89.8. The minimum absolute atomic E-state index is 1.09. The molecule has 10 aromatic carbocycles. The van der Waals surface area contributed by atoms with Crippen molar-refractivity contribution < 1.29 is 0 Å². The van der Waals surface area contributed by atoms with Crippen LogP contribution in [0.3, 0.4) is 0 Å². The quantitative estimate of drug-likeness (QED) is 0.142. The molecule has 0 heterocycles. The molecule has 0 aliphatic rings. The highest BCUT2D eigenvalue weighted by Crippen LogP contribution is 2.42. The van der Waals surface area contributed by atoms with Gasteiger partial charge >= 0.3 is 0 Å². The lowest BCUT2D eigenvalue weighted by Crippen LogP contribution is -2.10. The van der Waals surface area contributed by atoms with Crippen LogP contribution in [-0.4, -0.2) is 0 Å². The first-order chi connectivity index (χ1) is 29.2. The second kappa shape index (κ2) is 16.0. The summed E-state index contributed by atoms with van der Waals surface area (Å²) in [6.07, 6.45) is 0. The number of hydrogen-bond acceptors (Lipinski definition) is 1. The molecule has 0 spiro atoms. The maximum atomic E-state index is 2.37. The third-order valence-corrected chi connectivity index (χ3v) is 11.3. The topological polar surface area (TPSA) is 3.24 Å². The Labute approximate surface area is 346 Å². The lowest BCUT2D eigenvalue weighted by molar-refractivity contribution is 1.28. The van der Waals surface area contributed by atoms with Crippen molar-refractivity contribution in [2.45, 2.75) is 0 Å². The highest BCUT2D eigenvalue weighted by Gasteiger charge is 2.17. The van der Waals surface area contributed by atoms with E-state index >= 15 is 0 Å². The minimum atomic E-state index is 1.09. The standard InChI is InChI=1S/C58H41N/c1-4-12-42(13-5-1)45-20-22-46(23-21-45)47-24-27-51(28-25-47)57-39-38-56(41-58(57)50-17-8-3-9-18-50)59(54-34-30-48(31-35-54)43-14-6-2-7-15-43)55-36-32-49(33-37-55)53-29-26-44-16-10-11-19-52(44)40-53/h1-41H. The molecule has 0 atom stereocenters. The van der Waals surface area contributed by atoms with Crippen LogP contribution in [0.1, 0.15) is 0 Å². The summed E-state index contributed by atoms with van der Waals surface area (Å²) in [5.74, 6) is 0. The van der Waals surface area contributed by atoms with Crippen LogP contribution in [0, 0.1) is 0 Å². The van der Waals surface area contributed by atoms with Crippen molar-refractivity contribution in [3.8, 4) is 66.8 Å². The molecule has 0 bridgehead atoms. The molecule has 0 amide bonds. The van der Waals surface area contributed by atoms with Gasteiger partial charge in [0, 0.05) is 17.1 Å². The molecule has 0 unspecified atom stereocenters. The third-order valence-electron chi connectivity index (χ3n) is 11.3. The van der Waals surface area contributed by atoms with Gasteiger partial charge in [-0.2, -0.15) is 0 Å². The van der Waals surface area contributed by atoms with Crippen molar-refractivity contribution in [1.29, 1.82) is 0 Å². The lowest BCUT2D eigenvalue weighted by atomic mass is 9.92. The number of rotatable bonds is 9. The van der Waals surface area contributed by atoms with Gasteiger partial charge in [-0.1, -0.05) is 206 Å². The van der Waals surface area contributed by atoms with Crippen LogP contribution in [0.2, 0.25) is 0 Å². The summed E-state index contributed by atoms with van der Waals surface area (Å²) in [5.41, 5.74) is 17.7. The zero-order valence-corrected chi connectivity index (χ0v) is 32.6. The summed E-state index contributed by atoms with van der Waals surface area (Å²) >= 11 is 0. The van der Waals surface area contributed by atoms with E-state index in [0.717, 1.165) is 17.1 Å². The van der Waals surface area contributed by atoms with Gasteiger partial charge in [0.2, 0.25) is 0 Å². The average Bonchev–Trinajstić information content (AvgIpc) is 3.33. The van der Waals surface area contributed by atoms with Gasteiger partial charge in [0.1, 0.15) is 0 Å². The van der Waals surface area contributed by atoms with E-state index < -0.39 is 0 Å². The van der Waals surface area contributed by atoms with Crippen molar-refractivity contribution in [3.63, 3.8) is 0 Å². The molecular weight excluding hydrogens is 711 g/mol. The second-order valence-electron chi connectivity index (χ2n) is 15.0. The molecule has 278 valence electrons. The Morgan fingerprint density at radius 3 is 1.03 bits per heavy atom. The van der Waals surface area contributed by atoms with E-state index in [1.807, 2.05) is 0 Å². The summed E-state index contributed by atoms with van der Waals surface area (Å²) in [4.78, 5) is 2.37. The molecule has 0 aliphatic heterocycles. The van der Waals surface area contributed by atoms with Crippen LogP contribution in [0.4, 0.5) is 17.1 Å². The van der Waals surface area contributed by atoms with E-state index in [-0.39, 0.29) is 0 Å². The predicted octanol–water partition coefficient (Wildman–Crippen LogP) is 16.3. The first-order valence-corrected chi connectivity index (χ1v) is 20.2. The fraction of sp³-hybridized carbons (Fsp3) is 0. The molecule has 0 fully saturated rings. The number of fused-ring (bicyclic) bond motifs is 1. The molecular formula is C58H41N. The Kier molecular flexibility index (Phi) is 9.68. The summed E-state index contributed by atoms with van der Waals surface area (Å²) in [5, 5.41) is 2.50. The molecule has 10 aromatic rings. The zero-order valence-electron chi connectivity index (χ0n) is 32.6. The number of hydrogen-bond donors (Lipinski definition) is 0. The highest BCUT2D eigenvalue weighted by molar-refractivity contribution is 5.91. The molecule has 1 heteroatoms. The Balaban J connectivity index is 1.03. The van der Waals surface area contributed by atoms with Gasteiger partial charge in [-0.05, 0) is 120 Å². The molecule has 0 aliphatic carbocycles. The van der Waals surface area contributed by atoms with Crippen LogP contribution in [0.15, 0.2) is 249 Å². The van der Waals surface area contributed by atoms with Gasteiger partial charge < -0.3 is 4.90 Å². The maximum Gasteiger partial charge on any atom is 0.0468 e. The van der Waals surface area contributed by atoms with Crippen molar-refractivity contribution in [2.75, 3.05) is 4.90 Å². The molecule has 0 saturated heterocycles. The molecule has 0 radical (unpaired) electrons. The van der Waals surface area contributed by atoms with E-state index in [1.54, 1.807) is 0 Å².